The van der Waals surface area contributed by atoms with Crippen LogP contribution < -0.4 is 5.32 Å². The number of anilines is 1. The summed E-state index contributed by atoms with van der Waals surface area (Å²) in [7, 11) is 0. The normalized spacial score (nSPS) is 10.3. The summed E-state index contributed by atoms with van der Waals surface area (Å²) in [4.78, 5) is 12.1. The molecule has 0 aliphatic heterocycles. The Kier molecular flexibility index (Phi) is 4.12. The van der Waals surface area contributed by atoms with Gasteiger partial charge in [-0.2, -0.15) is 0 Å². The first-order chi connectivity index (χ1) is 8.99. The molecule has 0 bridgehead atoms. The van der Waals surface area contributed by atoms with Crippen molar-refractivity contribution in [1.29, 1.82) is 0 Å². The maximum absolute atomic E-state index is 12.1. The number of benzene rings is 2. The number of hydrogen-bond acceptors (Lipinski definition) is 2. The minimum Gasteiger partial charge on any atom is -0.507 e. The van der Waals surface area contributed by atoms with Gasteiger partial charge in [-0.3, -0.25) is 4.79 Å². The molecule has 0 spiro atoms. The lowest BCUT2D eigenvalue weighted by Crippen LogP contribution is -2.12. The zero-order valence-electron chi connectivity index (χ0n) is 10.1. The van der Waals surface area contributed by atoms with Gasteiger partial charge in [0.15, 0.2) is 0 Å². The molecule has 1 amide bonds. The monoisotopic (exact) mass is 339 g/mol. The number of rotatable bonds is 2. The molecule has 0 unspecified atom stereocenters. The lowest BCUT2D eigenvalue weighted by Gasteiger charge is -2.09. The van der Waals surface area contributed by atoms with Gasteiger partial charge < -0.3 is 10.4 Å². The van der Waals surface area contributed by atoms with Crippen molar-refractivity contribution in [2.45, 2.75) is 6.92 Å². The van der Waals surface area contributed by atoms with Gasteiger partial charge in [0.2, 0.25) is 0 Å². The van der Waals surface area contributed by atoms with Gasteiger partial charge in [-0.25, -0.2) is 0 Å². The van der Waals surface area contributed by atoms with E-state index in [4.69, 9.17) is 11.6 Å². The van der Waals surface area contributed by atoms with Crippen molar-refractivity contribution in [3.63, 3.8) is 0 Å². The highest BCUT2D eigenvalue weighted by Crippen LogP contribution is 2.30. The Balaban J connectivity index is 2.28. The Hall–Kier alpha value is -1.52. The van der Waals surface area contributed by atoms with Gasteiger partial charge in [0.25, 0.3) is 5.91 Å². The molecule has 0 aliphatic rings. The Bertz CT molecular complexity index is 643. The predicted molar refractivity (Wildman–Crippen MR) is 79.9 cm³/mol. The highest BCUT2D eigenvalue weighted by Gasteiger charge is 2.13. The molecule has 19 heavy (non-hydrogen) atoms. The summed E-state index contributed by atoms with van der Waals surface area (Å²) in [5.41, 5.74) is 1.66. The maximum atomic E-state index is 12.1. The molecule has 0 aliphatic carbocycles. The summed E-state index contributed by atoms with van der Waals surface area (Å²) >= 11 is 9.25. The standard InChI is InChI=1S/C14H11BrClNO2/c1-8-5-6-9(12(18)7-8)14(19)17-11-4-2-3-10(16)13(11)15/h2-7,18H,1H3,(H,17,19). The molecule has 2 aromatic rings. The summed E-state index contributed by atoms with van der Waals surface area (Å²) < 4.78 is 0.608. The molecule has 0 fully saturated rings. The van der Waals surface area contributed by atoms with E-state index >= 15 is 0 Å². The van der Waals surface area contributed by atoms with Crippen LogP contribution in [0.1, 0.15) is 15.9 Å². The second-order valence-electron chi connectivity index (χ2n) is 4.08. The van der Waals surface area contributed by atoms with Crippen molar-refractivity contribution >= 4 is 39.1 Å². The molecule has 98 valence electrons. The molecule has 5 heteroatoms. The van der Waals surface area contributed by atoms with Crippen LogP contribution in [0.15, 0.2) is 40.9 Å². The fourth-order valence-corrected chi connectivity index (χ4v) is 2.16. The summed E-state index contributed by atoms with van der Waals surface area (Å²) in [5, 5.41) is 13.0. The average Bonchev–Trinajstić information content (AvgIpc) is 2.34. The summed E-state index contributed by atoms with van der Waals surface area (Å²) in [6.07, 6.45) is 0. The third-order valence-corrected chi connectivity index (χ3v) is 4.00. The number of aryl methyl sites for hydroxylation is 1. The van der Waals surface area contributed by atoms with Crippen LogP contribution in [0.2, 0.25) is 5.02 Å². The second-order valence-corrected chi connectivity index (χ2v) is 5.28. The van der Waals surface area contributed by atoms with Crippen molar-refractivity contribution in [3.8, 4) is 5.75 Å². The van der Waals surface area contributed by atoms with Crippen LogP contribution in [-0.4, -0.2) is 11.0 Å². The molecule has 0 heterocycles. The van der Waals surface area contributed by atoms with E-state index in [1.807, 2.05) is 6.92 Å². The first-order valence-electron chi connectivity index (χ1n) is 5.54. The lowest BCUT2D eigenvalue weighted by molar-refractivity contribution is 0.102. The first-order valence-corrected chi connectivity index (χ1v) is 6.71. The number of carbonyl (C=O) groups excluding carboxylic acids is 1. The van der Waals surface area contributed by atoms with Crippen LogP contribution in [0.25, 0.3) is 0 Å². The van der Waals surface area contributed by atoms with Crippen molar-refractivity contribution in [2.75, 3.05) is 5.32 Å². The van der Waals surface area contributed by atoms with E-state index in [2.05, 4.69) is 21.2 Å². The molecule has 2 N–H and O–H groups in total. The van der Waals surface area contributed by atoms with Crippen molar-refractivity contribution in [1.82, 2.24) is 0 Å². The molecule has 0 saturated heterocycles. The zero-order chi connectivity index (χ0) is 14.0. The average molecular weight is 341 g/mol. The van der Waals surface area contributed by atoms with Gasteiger partial charge in [-0.15, -0.1) is 0 Å². The molecule has 2 rings (SSSR count). The van der Waals surface area contributed by atoms with Crippen LogP contribution in [0.5, 0.6) is 5.75 Å². The first kappa shape index (κ1) is 13.9. The number of hydrogen-bond donors (Lipinski definition) is 2. The van der Waals surface area contributed by atoms with Gasteiger partial charge >= 0.3 is 0 Å². The van der Waals surface area contributed by atoms with Gasteiger partial charge in [-0.1, -0.05) is 23.7 Å². The minimum atomic E-state index is -0.388. The van der Waals surface area contributed by atoms with Crippen molar-refractivity contribution < 1.29 is 9.90 Å². The van der Waals surface area contributed by atoms with Crippen molar-refractivity contribution in [3.05, 3.63) is 57.0 Å². The van der Waals surface area contributed by atoms with Gasteiger partial charge in [-0.05, 0) is 52.7 Å². The topological polar surface area (TPSA) is 49.3 Å². The number of amides is 1. The zero-order valence-corrected chi connectivity index (χ0v) is 12.4. The number of aromatic hydroxyl groups is 1. The van der Waals surface area contributed by atoms with E-state index in [0.29, 0.717) is 15.2 Å². The van der Waals surface area contributed by atoms with Crippen LogP contribution >= 0.6 is 27.5 Å². The number of carbonyl (C=O) groups is 1. The molecule has 0 saturated carbocycles. The molecule has 3 nitrogen and oxygen atoms in total. The Morgan fingerprint density at radius 1 is 1.32 bits per heavy atom. The second kappa shape index (κ2) is 5.63. The van der Waals surface area contributed by atoms with Crippen LogP contribution in [0.4, 0.5) is 5.69 Å². The lowest BCUT2D eigenvalue weighted by atomic mass is 10.1. The van der Waals surface area contributed by atoms with E-state index in [1.54, 1.807) is 36.4 Å². The smallest absolute Gasteiger partial charge is 0.259 e. The summed E-state index contributed by atoms with van der Waals surface area (Å²) in [5.74, 6) is -0.434. The maximum Gasteiger partial charge on any atom is 0.259 e. The Morgan fingerprint density at radius 3 is 2.74 bits per heavy atom. The molecular formula is C14H11BrClNO2. The van der Waals surface area contributed by atoms with Crippen LogP contribution in [0.3, 0.4) is 0 Å². The Morgan fingerprint density at radius 2 is 2.05 bits per heavy atom. The van der Waals surface area contributed by atoms with Gasteiger partial charge in [0, 0.05) is 0 Å². The number of phenols is 1. The number of nitrogens with one attached hydrogen (secondary N) is 1. The van der Waals surface area contributed by atoms with Gasteiger partial charge in [0.05, 0.1) is 20.7 Å². The van der Waals surface area contributed by atoms with E-state index in [9.17, 15) is 9.90 Å². The third kappa shape index (κ3) is 3.08. The van der Waals surface area contributed by atoms with E-state index in [1.165, 1.54) is 0 Å². The molecule has 0 radical (unpaired) electrons. The van der Waals surface area contributed by atoms with Crippen molar-refractivity contribution in [2.24, 2.45) is 0 Å². The quantitative estimate of drug-likeness (QED) is 0.853. The Labute approximate surface area is 124 Å². The largest absolute Gasteiger partial charge is 0.507 e. The highest BCUT2D eigenvalue weighted by molar-refractivity contribution is 9.10. The fraction of sp³-hybridized carbons (Fsp3) is 0.0714. The fourth-order valence-electron chi connectivity index (χ4n) is 1.62. The molecule has 0 atom stereocenters. The van der Waals surface area contributed by atoms with Crippen LogP contribution in [-0.2, 0) is 0 Å². The number of halogens is 2. The molecular weight excluding hydrogens is 330 g/mol. The van der Waals surface area contributed by atoms with Crippen LogP contribution in [0, 0.1) is 6.92 Å². The minimum absolute atomic E-state index is 0.0457. The van der Waals surface area contributed by atoms with E-state index in [-0.39, 0.29) is 17.2 Å². The highest BCUT2D eigenvalue weighted by atomic mass is 79.9. The van der Waals surface area contributed by atoms with E-state index in [0.717, 1.165) is 5.56 Å². The molecule has 0 aromatic heterocycles. The predicted octanol–water partition coefficient (Wildman–Crippen LogP) is 4.37. The molecule has 2 aromatic carbocycles. The summed E-state index contributed by atoms with van der Waals surface area (Å²) in [6.45, 7) is 1.84. The van der Waals surface area contributed by atoms with Gasteiger partial charge in [0.1, 0.15) is 5.75 Å². The summed E-state index contributed by atoms with van der Waals surface area (Å²) in [6, 6.07) is 10.1. The SMILES string of the molecule is Cc1ccc(C(=O)Nc2cccc(Cl)c2Br)c(O)c1. The van der Waals surface area contributed by atoms with E-state index < -0.39 is 0 Å². The number of phenolic OH excluding ortho intramolecular Hbond substituents is 1. The third-order valence-electron chi connectivity index (χ3n) is 2.60.